The van der Waals surface area contributed by atoms with Gasteiger partial charge in [0.15, 0.2) is 6.54 Å². The normalized spacial score (nSPS) is 15.1. The third kappa shape index (κ3) is 5.37. The summed E-state index contributed by atoms with van der Waals surface area (Å²) in [5, 5.41) is 12.7. The largest absolute Gasteiger partial charge is 0.333 e. The molecule has 0 aliphatic heterocycles. The number of amides is 1. The summed E-state index contributed by atoms with van der Waals surface area (Å²) in [6, 6.07) is 9.78. The maximum Gasteiger partial charge on any atom is 0.276 e. The van der Waals surface area contributed by atoms with Crippen LogP contribution < -0.4 is 10.2 Å². The molecule has 0 aliphatic carbocycles. The molecule has 1 rings (SSSR count). The zero-order valence-corrected chi connectivity index (χ0v) is 13.8. The van der Waals surface area contributed by atoms with Gasteiger partial charge in [-0.1, -0.05) is 37.6 Å². The maximum atomic E-state index is 12.1. The number of rotatable bonds is 6. The van der Waals surface area contributed by atoms with E-state index in [0.717, 1.165) is 17.0 Å². The molecule has 4 nitrogen and oxygen atoms in total. The first-order valence-electron chi connectivity index (χ1n) is 7.05. The topological polar surface area (TPSA) is 57.3 Å². The monoisotopic (exact) mass is 308 g/mol. The van der Waals surface area contributed by atoms with Crippen molar-refractivity contribution in [3.63, 3.8) is 0 Å². The third-order valence-electron chi connectivity index (χ3n) is 3.67. The molecule has 21 heavy (non-hydrogen) atoms. The standard InChI is InChI=1S/C16H22ClN3O/c1-12(2)16(3,11-18)19-15(21)10-20(4)9-13-5-7-14(17)8-6-13/h5-8,12H,9-10H2,1-4H3,(H,19,21)/p+1/t16-/m1/s1. The van der Waals surface area contributed by atoms with Gasteiger partial charge >= 0.3 is 0 Å². The van der Waals surface area contributed by atoms with Crippen LogP contribution >= 0.6 is 11.6 Å². The van der Waals surface area contributed by atoms with Crippen LogP contribution in [0.3, 0.4) is 0 Å². The van der Waals surface area contributed by atoms with E-state index in [0.29, 0.717) is 11.6 Å². The van der Waals surface area contributed by atoms with E-state index in [4.69, 9.17) is 11.6 Å². The summed E-state index contributed by atoms with van der Waals surface area (Å²) in [4.78, 5) is 13.1. The number of nitrogens with zero attached hydrogens (tertiary/aromatic N) is 1. The Balaban J connectivity index is 2.55. The molecule has 1 amide bonds. The van der Waals surface area contributed by atoms with Crippen LogP contribution in [0.5, 0.6) is 0 Å². The van der Waals surface area contributed by atoms with Gasteiger partial charge in [0.2, 0.25) is 0 Å². The lowest BCUT2D eigenvalue weighted by molar-refractivity contribution is -0.885. The number of likely N-dealkylation sites (N-methyl/N-ethyl adjacent to an activating group) is 1. The highest BCUT2D eigenvalue weighted by molar-refractivity contribution is 6.30. The van der Waals surface area contributed by atoms with E-state index < -0.39 is 5.54 Å². The number of nitrogens with one attached hydrogen (secondary N) is 2. The summed E-state index contributed by atoms with van der Waals surface area (Å²) >= 11 is 5.85. The van der Waals surface area contributed by atoms with Gasteiger partial charge in [-0.2, -0.15) is 5.26 Å². The summed E-state index contributed by atoms with van der Waals surface area (Å²) in [7, 11) is 1.95. The van der Waals surface area contributed by atoms with Gasteiger partial charge in [0, 0.05) is 10.6 Å². The fraction of sp³-hybridized carbons (Fsp3) is 0.500. The van der Waals surface area contributed by atoms with Gasteiger partial charge in [-0.15, -0.1) is 0 Å². The molecule has 2 atom stereocenters. The molecule has 0 bridgehead atoms. The van der Waals surface area contributed by atoms with Crippen LogP contribution in [-0.2, 0) is 11.3 Å². The molecular weight excluding hydrogens is 286 g/mol. The number of nitriles is 1. The van der Waals surface area contributed by atoms with Crippen molar-refractivity contribution in [1.82, 2.24) is 5.32 Å². The van der Waals surface area contributed by atoms with Crippen molar-refractivity contribution in [2.24, 2.45) is 5.92 Å². The molecule has 0 fully saturated rings. The number of hydrogen-bond donors (Lipinski definition) is 2. The predicted molar refractivity (Wildman–Crippen MR) is 83.9 cm³/mol. The molecule has 0 spiro atoms. The van der Waals surface area contributed by atoms with Crippen molar-refractivity contribution in [1.29, 1.82) is 5.26 Å². The van der Waals surface area contributed by atoms with Crippen LogP contribution in [0.25, 0.3) is 0 Å². The molecule has 0 saturated heterocycles. The van der Waals surface area contributed by atoms with E-state index in [1.807, 2.05) is 45.2 Å². The number of hydrogen-bond acceptors (Lipinski definition) is 2. The van der Waals surface area contributed by atoms with Crippen LogP contribution in [0.1, 0.15) is 26.3 Å². The van der Waals surface area contributed by atoms with Crippen molar-refractivity contribution in [2.75, 3.05) is 13.6 Å². The van der Waals surface area contributed by atoms with E-state index in [2.05, 4.69) is 11.4 Å². The van der Waals surface area contributed by atoms with Crippen LogP contribution in [0.15, 0.2) is 24.3 Å². The predicted octanol–water partition coefficient (Wildman–Crippen LogP) is 1.41. The Bertz CT molecular complexity index is 521. The zero-order valence-electron chi connectivity index (χ0n) is 13.0. The van der Waals surface area contributed by atoms with E-state index >= 15 is 0 Å². The van der Waals surface area contributed by atoms with Crippen LogP contribution in [0, 0.1) is 17.2 Å². The molecule has 1 unspecified atom stereocenters. The lowest BCUT2D eigenvalue weighted by Gasteiger charge is -2.27. The van der Waals surface area contributed by atoms with Gasteiger partial charge < -0.3 is 10.2 Å². The minimum atomic E-state index is -0.822. The van der Waals surface area contributed by atoms with Crippen LogP contribution in [0.4, 0.5) is 0 Å². The van der Waals surface area contributed by atoms with Gasteiger partial charge in [-0.05, 0) is 25.0 Å². The molecule has 1 aromatic rings. The Kier molecular flexibility index (Phi) is 6.19. The molecule has 0 aromatic heterocycles. The summed E-state index contributed by atoms with van der Waals surface area (Å²) in [5.41, 5.74) is 0.300. The molecule has 5 heteroatoms. The SMILES string of the molecule is CC(C)[C@@](C)(C#N)NC(=O)C[NH+](C)Cc1ccc(Cl)cc1. The smallest absolute Gasteiger partial charge is 0.276 e. The number of benzene rings is 1. The molecule has 1 aromatic carbocycles. The molecular formula is C16H23ClN3O+. The highest BCUT2D eigenvalue weighted by Gasteiger charge is 2.30. The average molecular weight is 309 g/mol. The van der Waals surface area contributed by atoms with E-state index in [1.54, 1.807) is 6.92 Å². The summed E-state index contributed by atoms with van der Waals surface area (Å²) in [6.45, 7) is 6.66. The first-order valence-corrected chi connectivity index (χ1v) is 7.42. The second kappa shape index (κ2) is 7.44. The zero-order chi connectivity index (χ0) is 16.0. The number of carbonyl (C=O) groups is 1. The van der Waals surface area contributed by atoms with E-state index in [-0.39, 0.29) is 11.8 Å². The summed E-state index contributed by atoms with van der Waals surface area (Å²) in [5.74, 6) is -0.0535. The number of quaternary nitrogens is 1. The van der Waals surface area contributed by atoms with E-state index in [1.165, 1.54) is 0 Å². The van der Waals surface area contributed by atoms with Gasteiger partial charge in [0.25, 0.3) is 5.91 Å². The molecule has 2 N–H and O–H groups in total. The van der Waals surface area contributed by atoms with E-state index in [9.17, 15) is 10.1 Å². The fourth-order valence-electron chi connectivity index (χ4n) is 1.92. The second-order valence-corrected chi connectivity index (χ2v) is 6.39. The second-order valence-electron chi connectivity index (χ2n) is 5.95. The van der Waals surface area contributed by atoms with Gasteiger partial charge in [0.05, 0.1) is 13.1 Å². The maximum absolute atomic E-state index is 12.1. The highest BCUT2D eigenvalue weighted by Crippen LogP contribution is 2.14. The van der Waals surface area contributed by atoms with Gasteiger partial charge in [0.1, 0.15) is 12.1 Å². The molecule has 0 radical (unpaired) electrons. The van der Waals surface area contributed by atoms with Gasteiger partial charge in [-0.25, -0.2) is 0 Å². The Morgan fingerprint density at radius 2 is 2.00 bits per heavy atom. The number of carbonyl (C=O) groups excluding carboxylic acids is 1. The molecule has 114 valence electrons. The Morgan fingerprint density at radius 1 is 1.43 bits per heavy atom. The first kappa shape index (κ1) is 17.5. The van der Waals surface area contributed by atoms with Crippen molar-refractivity contribution in [3.8, 4) is 6.07 Å². The van der Waals surface area contributed by atoms with Crippen LogP contribution in [-0.4, -0.2) is 25.0 Å². The van der Waals surface area contributed by atoms with Crippen molar-refractivity contribution >= 4 is 17.5 Å². The van der Waals surface area contributed by atoms with Gasteiger partial charge in [-0.3, -0.25) is 4.79 Å². The first-order chi connectivity index (χ1) is 9.76. The lowest BCUT2D eigenvalue weighted by atomic mass is 9.90. The Morgan fingerprint density at radius 3 is 2.48 bits per heavy atom. The van der Waals surface area contributed by atoms with Crippen molar-refractivity contribution in [3.05, 3.63) is 34.9 Å². The van der Waals surface area contributed by atoms with Crippen molar-refractivity contribution in [2.45, 2.75) is 32.9 Å². The summed E-state index contributed by atoms with van der Waals surface area (Å²) < 4.78 is 0. The molecule has 0 heterocycles. The molecule has 0 saturated carbocycles. The summed E-state index contributed by atoms with van der Waals surface area (Å²) in [6.07, 6.45) is 0. The minimum absolute atomic E-state index is 0.0584. The highest BCUT2D eigenvalue weighted by atomic mass is 35.5. The fourth-order valence-corrected chi connectivity index (χ4v) is 2.05. The lowest BCUT2D eigenvalue weighted by Crippen LogP contribution is -3.09. The number of halogens is 1. The molecule has 0 aliphatic rings. The quantitative estimate of drug-likeness (QED) is 0.835. The Labute approximate surface area is 131 Å². The Hall–Kier alpha value is -1.57. The van der Waals surface area contributed by atoms with Crippen LogP contribution in [0.2, 0.25) is 5.02 Å². The minimum Gasteiger partial charge on any atom is -0.333 e. The van der Waals surface area contributed by atoms with Crippen molar-refractivity contribution < 1.29 is 9.69 Å². The average Bonchev–Trinajstić information content (AvgIpc) is 2.40. The third-order valence-corrected chi connectivity index (χ3v) is 3.92.